The highest BCUT2D eigenvalue weighted by molar-refractivity contribution is 5.59. The van der Waals surface area contributed by atoms with Gasteiger partial charge in [-0.15, -0.1) is 0 Å². The van der Waals surface area contributed by atoms with Gasteiger partial charge in [0.1, 0.15) is 5.75 Å². The van der Waals surface area contributed by atoms with E-state index in [0.717, 1.165) is 24.2 Å². The van der Waals surface area contributed by atoms with Gasteiger partial charge in [-0.3, -0.25) is 0 Å². The van der Waals surface area contributed by atoms with E-state index in [2.05, 4.69) is 19.2 Å². The molecule has 1 aliphatic rings. The van der Waals surface area contributed by atoms with Crippen LogP contribution in [-0.4, -0.2) is 11.7 Å². The summed E-state index contributed by atoms with van der Waals surface area (Å²) in [6, 6.07) is 5.64. The van der Waals surface area contributed by atoms with E-state index in [-0.39, 0.29) is 5.41 Å². The molecular formula is C11H15NO. The normalized spacial score (nSPS) is 18.9. The minimum atomic E-state index is 0.242. The number of nitrogens with one attached hydrogen (secondary N) is 1. The lowest BCUT2D eigenvalue weighted by atomic mass is 9.82. The van der Waals surface area contributed by atoms with Gasteiger partial charge in [0.05, 0.1) is 0 Å². The summed E-state index contributed by atoms with van der Waals surface area (Å²) in [6.07, 6.45) is 0.946. The summed E-state index contributed by atoms with van der Waals surface area (Å²) >= 11 is 0. The van der Waals surface area contributed by atoms with Gasteiger partial charge in [0.25, 0.3) is 0 Å². The third-order valence-corrected chi connectivity index (χ3v) is 2.56. The van der Waals surface area contributed by atoms with Crippen LogP contribution in [-0.2, 0) is 6.42 Å². The quantitative estimate of drug-likeness (QED) is 0.637. The number of hydrogen-bond donors (Lipinski definition) is 2. The molecule has 0 fully saturated rings. The molecule has 0 atom stereocenters. The van der Waals surface area contributed by atoms with Gasteiger partial charge in [-0.2, -0.15) is 0 Å². The Kier molecular flexibility index (Phi) is 1.72. The lowest BCUT2D eigenvalue weighted by molar-refractivity contribution is 0.367. The predicted octanol–water partition coefficient (Wildman–Crippen LogP) is 2.39. The molecule has 0 amide bonds. The summed E-state index contributed by atoms with van der Waals surface area (Å²) in [5.41, 5.74) is 2.38. The molecule has 70 valence electrons. The van der Waals surface area contributed by atoms with Crippen molar-refractivity contribution in [2.45, 2.75) is 20.3 Å². The molecule has 1 aromatic carbocycles. The maximum atomic E-state index is 9.65. The number of rotatable bonds is 0. The van der Waals surface area contributed by atoms with Crippen LogP contribution in [0.5, 0.6) is 5.75 Å². The van der Waals surface area contributed by atoms with Crippen molar-refractivity contribution in [3.63, 3.8) is 0 Å². The Morgan fingerprint density at radius 2 is 2.15 bits per heavy atom. The predicted molar refractivity (Wildman–Crippen MR) is 54.1 cm³/mol. The van der Waals surface area contributed by atoms with E-state index in [4.69, 9.17) is 0 Å². The summed E-state index contributed by atoms with van der Waals surface area (Å²) in [5, 5.41) is 13.0. The number of anilines is 1. The van der Waals surface area contributed by atoms with E-state index in [1.807, 2.05) is 12.1 Å². The zero-order chi connectivity index (χ0) is 9.47. The van der Waals surface area contributed by atoms with Gasteiger partial charge in [0, 0.05) is 17.8 Å². The third-order valence-electron chi connectivity index (χ3n) is 2.56. The molecule has 2 nitrogen and oxygen atoms in total. The number of phenols is 1. The van der Waals surface area contributed by atoms with Crippen molar-refractivity contribution < 1.29 is 5.11 Å². The van der Waals surface area contributed by atoms with E-state index in [1.54, 1.807) is 6.07 Å². The minimum Gasteiger partial charge on any atom is -0.508 e. The van der Waals surface area contributed by atoms with Gasteiger partial charge in [0.15, 0.2) is 0 Å². The molecule has 1 aromatic rings. The maximum absolute atomic E-state index is 9.65. The first-order valence-corrected chi connectivity index (χ1v) is 4.63. The van der Waals surface area contributed by atoms with Crippen molar-refractivity contribution in [3.05, 3.63) is 23.8 Å². The van der Waals surface area contributed by atoms with Crippen molar-refractivity contribution in [1.29, 1.82) is 0 Å². The first-order chi connectivity index (χ1) is 6.08. The van der Waals surface area contributed by atoms with Crippen LogP contribution >= 0.6 is 0 Å². The highest BCUT2D eigenvalue weighted by Crippen LogP contribution is 2.36. The smallest absolute Gasteiger partial charge is 0.120 e. The fraction of sp³-hybridized carbons (Fsp3) is 0.455. The molecule has 0 bridgehead atoms. The van der Waals surface area contributed by atoms with E-state index >= 15 is 0 Å². The molecule has 0 radical (unpaired) electrons. The largest absolute Gasteiger partial charge is 0.508 e. The van der Waals surface area contributed by atoms with Gasteiger partial charge >= 0.3 is 0 Å². The fourth-order valence-electron chi connectivity index (χ4n) is 1.80. The van der Waals surface area contributed by atoms with Gasteiger partial charge in [-0.1, -0.05) is 19.9 Å². The molecule has 2 heteroatoms. The van der Waals surface area contributed by atoms with Crippen LogP contribution in [0, 0.1) is 5.41 Å². The molecule has 0 aromatic heterocycles. The Hall–Kier alpha value is -1.18. The second kappa shape index (κ2) is 2.66. The second-order valence-corrected chi connectivity index (χ2v) is 4.50. The summed E-state index contributed by atoms with van der Waals surface area (Å²) in [6.45, 7) is 5.38. The first-order valence-electron chi connectivity index (χ1n) is 4.63. The SMILES string of the molecule is CC1(C)CNc2cccc(O)c2C1. The van der Waals surface area contributed by atoms with Crippen molar-refractivity contribution in [2.24, 2.45) is 5.41 Å². The molecule has 0 aliphatic carbocycles. The van der Waals surface area contributed by atoms with Crippen molar-refractivity contribution in [2.75, 3.05) is 11.9 Å². The van der Waals surface area contributed by atoms with E-state index in [1.165, 1.54) is 0 Å². The molecular weight excluding hydrogens is 162 g/mol. The van der Waals surface area contributed by atoms with Crippen LogP contribution in [0.15, 0.2) is 18.2 Å². The average Bonchev–Trinajstić information content (AvgIpc) is 2.06. The Morgan fingerprint density at radius 1 is 1.38 bits per heavy atom. The van der Waals surface area contributed by atoms with E-state index < -0.39 is 0 Å². The van der Waals surface area contributed by atoms with Gasteiger partial charge in [-0.05, 0) is 24.0 Å². The number of phenolic OH excluding ortho intramolecular Hbond substituents is 1. The highest BCUT2D eigenvalue weighted by atomic mass is 16.3. The fourth-order valence-corrected chi connectivity index (χ4v) is 1.80. The monoisotopic (exact) mass is 177 g/mol. The first kappa shape index (κ1) is 8.42. The Labute approximate surface area is 78.6 Å². The topological polar surface area (TPSA) is 32.3 Å². The average molecular weight is 177 g/mol. The van der Waals surface area contributed by atoms with Crippen LogP contribution in [0.2, 0.25) is 0 Å². The highest BCUT2D eigenvalue weighted by Gasteiger charge is 2.26. The molecule has 1 heterocycles. The number of aromatic hydroxyl groups is 1. The van der Waals surface area contributed by atoms with Crippen molar-refractivity contribution in [1.82, 2.24) is 0 Å². The molecule has 0 unspecified atom stereocenters. The molecule has 0 saturated heterocycles. The summed E-state index contributed by atoms with van der Waals surface area (Å²) in [7, 11) is 0. The molecule has 1 aliphatic heterocycles. The Balaban J connectivity index is 2.44. The van der Waals surface area contributed by atoms with E-state index in [9.17, 15) is 5.11 Å². The molecule has 0 spiro atoms. The Morgan fingerprint density at radius 3 is 2.92 bits per heavy atom. The van der Waals surface area contributed by atoms with Crippen LogP contribution in [0.3, 0.4) is 0 Å². The standard InChI is InChI=1S/C11H15NO/c1-11(2)6-8-9(12-7-11)4-3-5-10(8)13/h3-5,12-13H,6-7H2,1-2H3. The Bertz CT molecular complexity index is 331. The van der Waals surface area contributed by atoms with Crippen molar-refractivity contribution in [3.8, 4) is 5.75 Å². The molecule has 13 heavy (non-hydrogen) atoms. The summed E-state index contributed by atoms with van der Waals surface area (Å²) in [4.78, 5) is 0. The lowest BCUT2D eigenvalue weighted by Gasteiger charge is -2.32. The number of fused-ring (bicyclic) bond motifs is 1. The molecule has 2 rings (SSSR count). The second-order valence-electron chi connectivity index (χ2n) is 4.50. The van der Waals surface area contributed by atoms with Crippen LogP contribution in [0.25, 0.3) is 0 Å². The van der Waals surface area contributed by atoms with Gasteiger partial charge in [-0.25, -0.2) is 0 Å². The number of hydrogen-bond acceptors (Lipinski definition) is 2. The maximum Gasteiger partial charge on any atom is 0.120 e. The van der Waals surface area contributed by atoms with Crippen LogP contribution in [0.4, 0.5) is 5.69 Å². The van der Waals surface area contributed by atoms with Gasteiger partial charge in [0.2, 0.25) is 0 Å². The van der Waals surface area contributed by atoms with Crippen LogP contribution < -0.4 is 5.32 Å². The third kappa shape index (κ3) is 1.48. The zero-order valence-electron chi connectivity index (χ0n) is 8.09. The van der Waals surface area contributed by atoms with Crippen molar-refractivity contribution >= 4 is 5.69 Å². The lowest BCUT2D eigenvalue weighted by Crippen LogP contribution is -2.30. The number of benzene rings is 1. The zero-order valence-corrected chi connectivity index (χ0v) is 8.09. The summed E-state index contributed by atoms with van der Waals surface area (Å²) in [5.74, 6) is 0.415. The summed E-state index contributed by atoms with van der Waals surface area (Å²) < 4.78 is 0. The van der Waals surface area contributed by atoms with E-state index in [0.29, 0.717) is 5.75 Å². The van der Waals surface area contributed by atoms with Gasteiger partial charge < -0.3 is 10.4 Å². The minimum absolute atomic E-state index is 0.242. The van der Waals surface area contributed by atoms with Crippen LogP contribution in [0.1, 0.15) is 19.4 Å². The molecule has 2 N–H and O–H groups in total. The molecule has 0 saturated carbocycles.